The van der Waals surface area contributed by atoms with Crippen LogP contribution in [0.2, 0.25) is 0 Å². The number of nitrogens with two attached hydrogens (primary N) is 1. The number of hydrogen-bond acceptors (Lipinski definition) is 3. The van der Waals surface area contributed by atoms with E-state index in [1.54, 1.807) is 4.90 Å². The molecule has 0 saturated carbocycles. The summed E-state index contributed by atoms with van der Waals surface area (Å²) in [6.45, 7) is 4.23. The summed E-state index contributed by atoms with van der Waals surface area (Å²) in [7, 11) is 0. The van der Waals surface area contributed by atoms with Gasteiger partial charge in [-0.2, -0.15) is 0 Å². The van der Waals surface area contributed by atoms with Crippen molar-refractivity contribution in [3.05, 3.63) is 53.3 Å². The van der Waals surface area contributed by atoms with Crippen molar-refractivity contribution < 1.29 is 14.4 Å². The molecule has 0 radical (unpaired) electrons. The summed E-state index contributed by atoms with van der Waals surface area (Å²) < 4.78 is 0. The average molecular weight is 354 g/mol. The van der Waals surface area contributed by atoms with Gasteiger partial charge in [0, 0.05) is 12.2 Å². The van der Waals surface area contributed by atoms with E-state index in [-0.39, 0.29) is 29.1 Å². The molecule has 1 aliphatic heterocycles. The molecule has 0 saturated heterocycles. The van der Waals surface area contributed by atoms with Gasteiger partial charge in [-0.1, -0.05) is 38.5 Å². The first-order chi connectivity index (χ1) is 12.4. The highest BCUT2D eigenvalue weighted by Gasteiger charge is 2.37. The smallest absolute Gasteiger partial charge is 0.271 e. The molecule has 0 spiro atoms. The topological polar surface area (TPSA) is 108 Å². The normalized spacial score (nSPS) is 17.8. The minimum Gasteiger partial charge on any atom is -0.364 e. The van der Waals surface area contributed by atoms with E-state index < -0.39 is 11.9 Å². The number of carbonyl (C=O) groups excluding carboxylic acids is 3. The Bertz CT molecular complexity index is 858. The van der Waals surface area contributed by atoms with Gasteiger partial charge in [-0.05, 0) is 29.7 Å². The van der Waals surface area contributed by atoms with Crippen LogP contribution in [0.3, 0.4) is 0 Å². The van der Waals surface area contributed by atoms with Gasteiger partial charge < -0.3 is 20.9 Å². The number of carbonyl (C=O) groups is 3. The van der Waals surface area contributed by atoms with E-state index in [2.05, 4.69) is 10.3 Å². The van der Waals surface area contributed by atoms with Crippen molar-refractivity contribution >= 4 is 23.4 Å². The highest BCUT2D eigenvalue weighted by molar-refractivity contribution is 6.03. The summed E-state index contributed by atoms with van der Waals surface area (Å²) >= 11 is 0. The molecular formula is C19H22N4O3. The predicted octanol–water partition coefficient (Wildman–Crippen LogP) is 2.12. The maximum Gasteiger partial charge on any atom is 0.271 e. The number of nitrogens with one attached hydrogen (secondary N) is 2. The van der Waals surface area contributed by atoms with E-state index in [0.717, 1.165) is 12.0 Å². The summed E-state index contributed by atoms with van der Waals surface area (Å²) in [6.07, 6.45) is 0.746. The number of aromatic amines is 1. The number of para-hydroxylation sites is 1. The SMILES string of the molecule is CC[C@H](C)[C@H]1C(=O)Nc2ccccc2CN1C(=O)c1ccc(C(N)=O)[nH]1. The Hall–Kier alpha value is -3.09. The predicted molar refractivity (Wildman–Crippen MR) is 97.5 cm³/mol. The number of H-pyrrole nitrogens is 1. The molecule has 0 unspecified atom stereocenters. The van der Waals surface area contributed by atoms with Gasteiger partial charge in [0.25, 0.3) is 11.8 Å². The zero-order valence-electron chi connectivity index (χ0n) is 14.8. The van der Waals surface area contributed by atoms with Crippen LogP contribution in [0, 0.1) is 5.92 Å². The molecule has 4 N–H and O–H groups in total. The lowest BCUT2D eigenvalue weighted by molar-refractivity contribution is -0.122. The van der Waals surface area contributed by atoms with E-state index >= 15 is 0 Å². The largest absolute Gasteiger partial charge is 0.364 e. The molecule has 26 heavy (non-hydrogen) atoms. The van der Waals surface area contributed by atoms with Gasteiger partial charge in [0.15, 0.2) is 0 Å². The van der Waals surface area contributed by atoms with Crippen LogP contribution in [0.25, 0.3) is 0 Å². The van der Waals surface area contributed by atoms with Gasteiger partial charge in [0.05, 0.1) is 0 Å². The first-order valence-electron chi connectivity index (χ1n) is 8.61. The van der Waals surface area contributed by atoms with Gasteiger partial charge >= 0.3 is 0 Å². The Morgan fingerprint density at radius 1 is 1.23 bits per heavy atom. The zero-order valence-corrected chi connectivity index (χ0v) is 14.8. The van der Waals surface area contributed by atoms with Crippen molar-refractivity contribution in [1.29, 1.82) is 0 Å². The van der Waals surface area contributed by atoms with E-state index in [4.69, 9.17) is 5.73 Å². The van der Waals surface area contributed by atoms with Crippen molar-refractivity contribution in [2.45, 2.75) is 32.9 Å². The third kappa shape index (κ3) is 3.20. The summed E-state index contributed by atoms with van der Waals surface area (Å²) in [5.41, 5.74) is 7.23. The fourth-order valence-corrected chi connectivity index (χ4v) is 3.22. The first-order valence-corrected chi connectivity index (χ1v) is 8.61. The maximum absolute atomic E-state index is 13.1. The van der Waals surface area contributed by atoms with E-state index in [9.17, 15) is 14.4 Å². The number of primary amides is 1. The second-order valence-electron chi connectivity index (χ2n) is 6.56. The van der Waals surface area contributed by atoms with Gasteiger partial charge in [0.2, 0.25) is 5.91 Å². The van der Waals surface area contributed by atoms with Gasteiger partial charge in [0.1, 0.15) is 17.4 Å². The Kier molecular flexibility index (Phi) is 4.79. The molecule has 2 atom stereocenters. The van der Waals surface area contributed by atoms with Gasteiger partial charge in [-0.25, -0.2) is 0 Å². The molecule has 136 valence electrons. The monoisotopic (exact) mass is 354 g/mol. The number of aromatic nitrogens is 1. The van der Waals surface area contributed by atoms with Crippen LogP contribution in [-0.2, 0) is 11.3 Å². The third-order valence-corrected chi connectivity index (χ3v) is 4.85. The van der Waals surface area contributed by atoms with E-state index in [1.807, 2.05) is 38.1 Å². The third-order valence-electron chi connectivity index (χ3n) is 4.85. The van der Waals surface area contributed by atoms with Crippen LogP contribution in [-0.4, -0.2) is 33.6 Å². The number of benzene rings is 1. The van der Waals surface area contributed by atoms with E-state index in [1.165, 1.54) is 12.1 Å². The lowest BCUT2D eigenvalue weighted by Gasteiger charge is -2.32. The lowest BCUT2D eigenvalue weighted by atomic mass is 9.96. The van der Waals surface area contributed by atoms with Gasteiger partial charge in [-0.3, -0.25) is 14.4 Å². The Labute approximate surface area is 151 Å². The molecule has 0 fully saturated rings. The highest BCUT2D eigenvalue weighted by Crippen LogP contribution is 2.28. The number of anilines is 1. The molecular weight excluding hydrogens is 332 g/mol. The maximum atomic E-state index is 13.1. The number of hydrogen-bond donors (Lipinski definition) is 3. The van der Waals surface area contributed by atoms with Crippen LogP contribution in [0.15, 0.2) is 36.4 Å². The Morgan fingerprint density at radius 3 is 2.58 bits per heavy atom. The summed E-state index contributed by atoms with van der Waals surface area (Å²) in [4.78, 5) is 41.6. The highest BCUT2D eigenvalue weighted by atomic mass is 16.2. The zero-order chi connectivity index (χ0) is 18.8. The van der Waals surface area contributed by atoms with Crippen LogP contribution in [0.5, 0.6) is 0 Å². The van der Waals surface area contributed by atoms with Crippen LogP contribution >= 0.6 is 0 Å². The van der Waals surface area contributed by atoms with Crippen molar-refractivity contribution in [3.63, 3.8) is 0 Å². The second kappa shape index (κ2) is 7.03. The molecule has 2 heterocycles. The van der Waals surface area contributed by atoms with Crippen molar-refractivity contribution in [3.8, 4) is 0 Å². The number of nitrogens with zero attached hydrogens (tertiary/aromatic N) is 1. The lowest BCUT2D eigenvalue weighted by Crippen LogP contribution is -2.49. The van der Waals surface area contributed by atoms with Crippen molar-refractivity contribution in [1.82, 2.24) is 9.88 Å². The van der Waals surface area contributed by atoms with Gasteiger partial charge in [-0.15, -0.1) is 0 Å². The average Bonchev–Trinajstić information content (AvgIpc) is 3.06. The Morgan fingerprint density at radius 2 is 1.92 bits per heavy atom. The fraction of sp³-hybridized carbons (Fsp3) is 0.316. The molecule has 3 amide bonds. The Balaban J connectivity index is 2.02. The van der Waals surface area contributed by atoms with Crippen LogP contribution < -0.4 is 11.1 Å². The second-order valence-corrected chi connectivity index (χ2v) is 6.56. The summed E-state index contributed by atoms with van der Waals surface area (Å²) in [5, 5.41) is 2.93. The summed E-state index contributed by atoms with van der Waals surface area (Å²) in [5.74, 6) is -1.21. The first kappa shape index (κ1) is 17.7. The summed E-state index contributed by atoms with van der Waals surface area (Å²) in [6, 6.07) is 9.81. The standard InChI is InChI=1S/C19H22N4O3/c1-3-11(2)16-18(25)22-13-7-5-4-6-12(13)10-23(16)19(26)15-9-8-14(21-15)17(20)24/h4-9,11,16,21H,3,10H2,1-2H3,(H2,20,24)(H,22,25)/t11-,16-/m0/s1. The molecule has 0 bridgehead atoms. The molecule has 7 heteroatoms. The molecule has 1 aromatic carbocycles. The van der Waals surface area contributed by atoms with E-state index in [0.29, 0.717) is 12.2 Å². The minimum absolute atomic E-state index is 0.0289. The van der Waals surface area contributed by atoms with Crippen LogP contribution in [0.4, 0.5) is 5.69 Å². The van der Waals surface area contributed by atoms with Crippen LogP contribution in [0.1, 0.15) is 46.8 Å². The molecule has 0 aliphatic carbocycles. The molecule has 7 nitrogen and oxygen atoms in total. The number of rotatable bonds is 4. The number of fused-ring (bicyclic) bond motifs is 1. The fourth-order valence-electron chi connectivity index (χ4n) is 3.22. The minimum atomic E-state index is -0.638. The van der Waals surface area contributed by atoms with Crippen molar-refractivity contribution in [2.24, 2.45) is 11.7 Å². The van der Waals surface area contributed by atoms with Crippen molar-refractivity contribution in [2.75, 3.05) is 5.32 Å². The number of amides is 3. The molecule has 1 aromatic heterocycles. The molecule has 3 rings (SSSR count). The molecule has 2 aromatic rings. The molecule has 1 aliphatic rings. The quantitative estimate of drug-likeness (QED) is 0.782.